The zero-order chi connectivity index (χ0) is 14.7. The van der Waals surface area contributed by atoms with Crippen molar-refractivity contribution in [3.8, 4) is 0 Å². The number of nitrogens with one attached hydrogen (secondary N) is 2. The van der Waals surface area contributed by atoms with Crippen molar-refractivity contribution in [3.63, 3.8) is 0 Å². The molecule has 0 spiro atoms. The molecule has 0 bridgehead atoms. The quantitative estimate of drug-likeness (QED) is 0.542. The Morgan fingerprint density at radius 3 is 2.45 bits per heavy atom. The first-order chi connectivity index (χ1) is 9.49. The van der Waals surface area contributed by atoms with Crippen LogP contribution in [0.4, 0.5) is 23.7 Å². The molecule has 2 aromatic heterocycles. The van der Waals surface area contributed by atoms with Gasteiger partial charge in [-0.15, -0.1) is 0 Å². The van der Waals surface area contributed by atoms with E-state index < -0.39 is 0 Å². The van der Waals surface area contributed by atoms with Crippen LogP contribution in [0.1, 0.15) is 19.9 Å². The van der Waals surface area contributed by atoms with Crippen molar-refractivity contribution in [1.82, 2.24) is 24.7 Å². The van der Waals surface area contributed by atoms with Gasteiger partial charge in [-0.25, -0.2) is 5.84 Å². The van der Waals surface area contributed by atoms with E-state index in [1.807, 2.05) is 31.0 Å². The van der Waals surface area contributed by atoms with Gasteiger partial charge in [0.25, 0.3) is 0 Å². The Bertz CT molecular complexity index is 575. The molecule has 0 saturated carbocycles. The Hall–Kier alpha value is -2.42. The average molecular weight is 277 g/mol. The van der Waals surface area contributed by atoms with Gasteiger partial charge in [0.15, 0.2) is 5.82 Å². The van der Waals surface area contributed by atoms with E-state index in [2.05, 4.69) is 44.6 Å². The smallest absolute Gasteiger partial charge is 0.243 e. The summed E-state index contributed by atoms with van der Waals surface area (Å²) in [7, 11) is 3.68. The van der Waals surface area contributed by atoms with Gasteiger partial charge < -0.3 is 10.2 Å². The van der Waals surface area contributed by atoms with Crippen molar-refractivity contribution >= 4 is 23.7 Å². The molecule has 0 aliphatic rings. The van der Waals surface area contributed by atoms with E-state index in [0.29, 0.717) is 23.8 Å². The SMILES string of the molecule is CC(C)n1ccc(Nc2nc(NN)nc(N(C)C)n2)n1. The molecule has 0 saturated heterocycles. The molecule has 0 amide bonds. The largest absolute Gasteiger partial charge is 0.347 e. The molecule has 9 nitrogen and oxygen atoms in total. The fourth-order valence-corrected chi connectivity index (χ4v) is 1.49. The molecule has 0 unspecified atom stereocenters. The fourth-order valence-electron chi connectivity index (χ4n) is 1.49. The minimum Gasteiger partial charge on any atom is -0.347 e. The molecule has 20 heavy (non-hydrogen) atoms. The number of aromatic nitrogens is 5. The van der Waals surface area contributed by atoms with Crippen LogP contribution in [-0.4, -0.2) is 38.8 Å². The van der Waals surface area contributed by atoms with Crippen LogP contribution in [0.25, 0.3) is 0 Å². The summed E-state index contributed by atoms with van der Waals surface area (Å²) in [6.45, 7) is 4.11. The van der Waals surface area contributed by atoms with Crippen molar-refractivity contribution in [2.24, 2.45) is 5.84 Å². The van der Waals surface area contributed by atoms with E-state index >= 15 is 0 Å². The summed E-state index contributed by atoms with van der Waals surface area (Å²) in [4.78, 5) is 14.3. The third kappa shape index (κ3) is 3.12. The molecule has 0 radical (unpaired) electrons. The van der Waals surface area contributed by atoms with Gasteiger partial charge in [-0.05, 0) is 13.8 Å². The number of anilines is 4. The molecule has 0 fully saturated rings. The summed E-state index contributed by atoms with van der Waals surface area (Å²) < 4.78 is 1.85. The maximum Gasteiger partial charge on any atom is 0.243 e. The summed E-state index contributed by atoms with van der Waals surface area (Å²) in [6, 6.07) is 2.15. The van der Waals surface area contributed by atoms with Crippen molar-refractivity contribution in [2.75, 3.05) is 29.7 Å². The normalized spacial score (nSPS) is 10.7. The zero-order valence-corrected chi connectivity index (χ0v) is 12.0. The second-order valence-electron chi connectivity index (χ2n) is 4.72. The van der Waals surface area contributed by atoms with Gasteiger partial charge in [0.05, 0.1) is 0 Å². The van der Waals surface area contributed by atoms with Gasteiger partial charge in [-0.3, -0.25) is 10.1 Å². The lowest BCUT2D eigenvalue weighted by atomic mass is 10.4. The third-order valence-electron chi connectivity index (χ3n) is 2.53. The third-order valence-corrected chi connectivity index (χ3v) is 2.53. The number of hydrogen-bond donors (Lipinski definition) is 3. The minimum atomic E-state index is 0.287. The van der Waals surface area contributed by atoms with Gasteiger partial charge in [-0.2, -0.15) is 20.1 Å². The van der Waals surface area contributed by atoms with Crippen LogP contribution in [-0.2, 0) is 0 Å². The standard InChI is InChI=1S/C11H19N9/c1-7(2)20-6-5-8(18-20)13-9-14-10(17-12)16-11(15-9)19(3)4/h5-7H,12H2,1-4H3,(H2,13,14,15,16,17,18). The zero-order valence-electron chi connectivity index (χ0n) is 12.0. The number of rotatable bonds is 5. The van der Waals surface area contributed by atoms with Gasteiger partial charge in [0.1, 0.15) is 0 Å². The second kappa shape index (κ2) is 5.70. The summed E-state index contributed by atoms with van der Waals surface area (Å²) >= 11 is 0. The highest BCUT2D eigenvalue weighted by Gasteiger charge is 2.09. The molecule has 2 heterocycles. The number of nitrogens with two attached hydrogens (primary N) is 1. The van der Waals surface area contributed by atoms with Crippen molar-refractivity contribution in [3.05, 3.63) is 12.3 Å². The van der Waals surface area contributed by atoms with Crippen molar-refractivity contribution in [1.29, 1.82) is 0 Å². The first-order valence-electron chi connectivity index (χ1n) is 6.22. The first kappa shape index (κ1) is 14.0. The number of nitrogens with zero attached hydrogens (tertiary/aromatic N) is 6. The number of hydrazine groups is 1. The molecule has 9 heteroatoms. The molecule has 0 aliphatic carbocycles. The van der Waals surface area contributed by atoms with Crippen LogP contribution in [0.5, 0.6) is 0 Å². The monoisotopic (exact) mass is 277 g/mol. The Morgan fingerprint density at radius 1 is 1.20 bits per heavy atom. The molecule has 0 aliphatic heterocycles. The predicted molar refractivity (Wildman–Crippen MR) is 77.9 cm³/mol. The highest BCUT2D eigenvalue weighted by molar-refractivity contribution is 5.51. The topological polar surface area (TPSA) is 110 Å². The van der Waals surface area contributed by atoms with Gasteiger partial charge in [0.2, 0.25) is 17.8 Å². The molecule has 4 N–H and O–H groups in total. The Kier molecular flexibility index (Phi) is 3.99. The summed E-state index contributed by atoms with van der Waals surface area (Å²) in [5.41, 5.74) is 2.42. The lowest BCUT2D eigenvalue weighted by Gasteiger charge is -2.12. The van der Waals surface area contributed by atoms with Crippen LogP contribution in [0, 0.1) is 0 Å². The molecule has 2 aromatic rings. The lowest BCUT2D eigenvalue weighted by Crippen LogP contribution is -2.18. The molecular weight excluding hydrogens is 258 g/mol. The molecule has 2 rings (SSSR count). The van der Waals surface area contributed by atoms with Crippen LogP contribution in [0.15, 0.2) is 12.3 Å². The van der Waals surface area contributed by atoms with Crippen LogP contribution >= 0.6 is 0 Å². The minimum absolute atomic E-state index is 0.287. The summed E-state index contributed by atoms with van der Waals surface area (Å²) in [6.07, 6.45) is 1.89. The predicted octanol–water partition coefficient (Wildman–Crippen LogP) is 0.744. The van der Waals surface area contributed by atoms with Gasteiger partial charge in [-0.1, -0.05) is 0 Å². The Labute approximate surface area is 117 Å². The Balaban J connectivity index is 2.25. The second-order valence-corrected chi connectivity index (χ2v) is 4.72. The van der Waals surface area contributed by atoms with Crippen molar-refractivity contribution in [2.45, 2.75) is 19.9 Å². The average Bonchev–Trinajstić information content (AvgIpc) is 2.87. The molecular formula is C11H19N9. The Morgan fingerprint density at radius 2 is 1.90 bits per heavy atom. The van der Waals surface area contributed by atoms with E-state index in [0.717, 1.165) is 0 Å². The van der Waals surface area contributed by atoms with Gasteiger partial charge in [0, 0.05) is 32.4 Å². The molecule has 0 aromatic carbocycles. The first-order valence-corrected chi connectivity index (χ1v) is 6.22. The van der Waals surface area contributed by atoms with Crippen LogP contribution in [0.2, 0.25) is 0 Å². The lowest BCUT2D eigenvalue weighted by molar-refractivity contribution is 0.534. The van der Waals surface area contributed by atoms with Crippen molar-refractivity contribution < 1.29 is 0 Å². The fraction of sp³-hybridized carbons (Fsp3) is 0.455. The van der Waals surface area contributed by atoms with E-state index in [9.17, 15) is 0 Å². The molecule has 0 atom stereocenters. The summed E-state index contributed by atoms with van der Waals surface area (Å²) in [5.74, 6) is 7.19. The van der Waals surface area contributed by atoms with Gasteiger partial charge >= 0.3 is 0 Å². The summed E-state index contributed by atoms with van der Waals surface area (Å²) in [5, 5.41) is 7.41. The van der Waals surface area contributed by atoms with E-state index in [-0.39, 0.29) is 5.95 Å². The maximum absolute atomic E-state index is 5.36. The highest BCUT2D eigenvalue weighted by Crippen LogP contribution is 2.15. The highest BCUT2D eigenvalue weighted by atomic mass is 15.4. The van der Waals surface area contributed by atoms with E-state index in [1.54, 1.807) is 4.90 Å². The van der Waals surface area contributed by atoms with Crippen LogP contribution < -0.4 is 21.5 Å². The van der Waals surface area contributed by atoms with Crippen LogP contribution in [0.3, 0.4) is 0 Å². The maximum atomic E-state index is 5.36. The van der Waals surface area contributed by atoms with E-state index in [4.69, 9.17) is 5.84 Å². The number of hydrogen-bond acceptors (Lipinski definition) is 8. The number of nitrogen functional groups attached to an aromatic ring is 1. The van der Waals surface area contributed by atoms with E-state index in [1.165, 1.54) is 0 Å². The molecule has 108 valence electrons.